The number of thioether (sulfide) groups is 1. The number of aromatic nitrogens is 2. The highest BCUT2D eigenvalue weighted by Gasteiger charge is 2.40. The van der Waals surface area contributed by atoms with Gasteiger partial charge >= 0.3 is 0 Å². The second kappa shape index (κ2) is 7.43. The summed E-state index contributed by atoms with van der Waals surface area (Å²) in [6.07, 6.45) is 4.21. The van der Waals surface area contributed by atoms with Gasteiger partial charge in [0.15, 0.2) is 10.9 Å². The number of Topliss-reactive ketones (excluding diaryl/α,β-unsaturated/α-hetero) is 1. The molecule has 0 saturated carbocycles. The number of ketones is 1. The normalized spacial score (nSPS) is 18.1. The van der Waals surface area contributed by atoms with Crippen molar-refractivity contribution in [2.45, 2.75) is 57.7 Å². The number of carbonyl (C=O) groups is 2. The Bertz CT molecular complexity index is 880. The monoisotopic (exact) mass is 383 g/mol. The highest BCUT2D eigenvalue weighted by Crippen LogP contribution is 2.44. The number of hydrogen-bond acceptors (Lipinski definition) is 5. The molecule has 0 saturated heterocycles. The predicted octanol–water partition coefficient (Wildman–Crippen LogP) is 4.40. The third-order valence-electron chi connectivity index (χ3n) is 5.05. The van der Waals surface area contributed by atoms with Crippen molar-refractivity contribution in [2.75, 3.05) is 10.7 Å². The standard InChI is InChI=1S/C21H25N3O2S/c1-13-9-17-14(2)11-21(4,5)24(18(17)10-16(13)15(3)25)19(26)12-27-20-22-7-6-8-23-20/h6-10,14H,11-12H2,1-5H3/t14-/m1/s1. The lowest BCUT2D eigenvalue weighted by molar-refractivity contribution is -0.117. The topological polar surface area (TPSA) is 63.2 Å². The van der Waals surface area contributed by atoms with Crippen LogP contribution in [0.1, 0.15) is 61.5 Å². The number of hydrogen-bond donors (Lipinski definition) is 0. The second-order valence-corrected chi connectivity index (χ2v) is 8.69. The van der Waals surface area contributed by atoms with Crippen LogP contribution in [0, 0.1) is 6.92 Å². The lowest BCUT2D eigenvalue weighted by atomic mass is 9.78. The van der Waals surface area contributed by atoms with Gasteiger partial charge in [-0.05, 0) is 63.3 Å². The number of carbonyl (C=O) groups excluding carboxylic acids is 2. The van der Waals surface area contributed by atoms with Gasteiger partial charge in [-0.2, -0.15) is 0 Å². The molecule has 0 aliphatic carbocycles. The average molecular weight is 384 g/mol. The summed E-state index contributed by atoms with van der Waals surface area (Å²) in [4.78, 5) is 35.5. The Balaban J connectivity index is 1.98. The predicted molar refractivity (Wildman–Crippen MR) is 109 cm³/mol. The van der Waals surface area contributed by atoms with Crippen LogP contribution in [0.4, 0.5) is 5.69 Å². The van der Waals surface area contributed by atoms with Crippen molar-refractivity contribution in [3.63, 3.8) is 0 Å². The molecule has 0 fully saturated rings. The third-order valence-corrected chi connectivity index (χ3v) is 5.91. The van der Waals surface area contributed by atoms with Crippen molar-refractivity contribution in [1.82, 2.24) is 9.97 Å². The fraction of sp³-hybridized carbons (Fsp3) is 0.429. The summed E-state index contributed by atoms with van der Waals surface area (Å²) in [6.45, 7) is 9.88. The van der Waals surface area contributed by atoms with Crippen LogP contribution in [-0.2, 0) is 4.79 Å². The molecule has 1 aromatic heterocycles. The molecular weight excluding hydrogens is 358 g/mol. The van der Waals surface area contributed by atoms with E-state index in [4.69, 9.17) is 0 Å². The molecule has 0 N–H and O–H groups in total. The zero-order chi connectivity index (χ0) is 19.8. The van der Waals surface area contributed by atoms with Gasteiger partial charge in [-0.3, -0.25) is 9.59 Å². The highest BCUT2D eigenvalue weighted by molar-refractivity contribution is 7.99. The average Bonchev–Trinajstić information content (AvgIpc) is 2.60. The van der Waals surface area contributed by atoms with E-state index in [1.54, 1.807) is 25.4 Å². The van der Waals surface area contributed by atoms with Gasteiger partial charge in [-0.1, -0.05) is 24.8 Å². The number of aryl methyl sites for hydroxylation is 1. The molecular formula is C21H25N3O2S. The van der Waals surface area contributed by atoms with E-state index in [1.807, 2.05) is 17.9 Å². The summed E-state index contributed by atoms with van der Waals surface area (Å²) >= 11 is 1.33. The molecule has 6 heteroatoms. The lowest BCUT2D eigenvalue weighted by Crippen LogP contribution is -2.52. The Hall–Kier alpha value is -2.21. The number of anilines is 1. The van der Waals surface area contributed by atoms with Crippen molar-refractivity contribution >= 4 is 29.1 Å². The van der Waals surface area contributed by atoms with Gasteiger partial charge in [0, 0.05) is 29.2 Å². The van der Waals surface area contributed by atoms with Crippen molar-refractivity contribution < 1.29 is 9.59 Å². The second-order valence-electron chi connectivity index (χ2n) is 7.75. The molecule has 0 bridgehead atoms. The van der Waals surface area contributed by atoms with E-state index in [-0.39, 0.29) is 23.0 Å². The summed E-state index contributed by atoms with van der Waals surface area (Å²) in [7, 11) is 0. The van der Waals surface area contributed by atoms with Crippen molar-refractivity contribution in [2.24, 2.45) is 0 Å². The molecule has 142 valence electrons. The van der Waals surface area contributed by atoms with Crippen molar-refractivity contribution in [3.05, 3.63) is 47.3 Å². The zero-order valence-electron chi connectivity index (χ0n) is 16.4. The Morgan fingerprint density at radius 3 is 2.56 bits per heavy atom. The van der Waals surface area contributed by atoms with Crippen LogP contribution >= 0.6 is 11.8 Å². The van der Waals surface area contributed by atoms with E-state index in [0.717, 1.165) is 23.2 Å². The Morgan fingerprint density at radius 2 is 1.93 bits per heavy atom. The third kappa shape index (κ3) is 3.90. The first-order chi connectivity index (χ1) is 12.7. The van der Waals surface area contributed by atoms with Gasteiger partial charge in [0.2, 0.25) is 5.91 Å². The summed E-state index contributed by atoms with van der Waals surface area (Å²) in [5.74, 6) is 0.600. The smallest absolute Gasteiger partial charge is 0.237 e. The highest BCUT2D eigenvalue weighted by atomic mass is 32.2. The van der Waals surface area contributed by atoms with Crippen LogP contribution in [-0.4, -0.2) is 33.0 Å². The van der Waals surface area contributed by atoms with Gasteiger partial charge < -0.3 is 4.90 Å². The van der Waals surface area contributed by atoms with Crippen LogP contribution in [0.25, 0.3) is 0 Å². The minimum atomic E-state index is -0.328. The van der Waals surface area contributed by atoms with E-state index < -0.39 is 0 Å². The molecule has 0 unspecified atom stereocenters. The van der Waals surface area contributed by atoms with Crippen molar-refractivity contribution in [3.8, 4) is 0 Å². The number of fused-ring (bicyclic) bond motifs is 1. The van der Waals surface area contributed by atoms with Crippen molar-refractivity contribution in [1.29, 1.82) is 0 Å². The minimum absolute atomic E-state index is 0.00366. The number of amides is 1. The molecule has 1 atom stereocenters. The van der Waals surface area contributed by atoms with Crippen LogP contribution in [0.15, 0.2) is 35.7 Å². The molecule has 5 nitrogen and oxygen atoms in total. The van der Waals surface area contributed by atoms with Crippen LogP contribution in [0.2, 0.25) is 0 Å². The summed E-state index contributed by atoms with van der Waals surface area (Å²) < 4.78 is 0. The maximum atomic E-state index is 13.2. The Labute approximate surface area is 164 Å². The van der Waals surface area contributed by atoms with E-state index in [9.17, 15) is 9.59 Å². The van der Waals surface area contributed by atoms with Gasteiger partial charge in [-0.25, -0.2) is 9.97 Å². The fourth-order valence-corrected chi connectivity index (χ4v) is 4.64. The van der Waals surface area contributed by atoms with E-state index >= 15 is 0 Å². The van der Waals surface area contributed by atoms with Gasteiger partial charge in [0.25, 0.3) is 0 Å². The van der Waals surface area contributed by atoms with E-state index in [2.05, 4.69) is 36.8 Å². The number of rotatable bonds is 4. The molecule has 1 aliphatic rings. The molecule has 2 aromatic rings. The molecule has 1 aromatic carbocycles. The Morgan fingerprint density at radius 1 is 1.26 bits per heavy atom. The molecule has 2 heterocycles. The summed E-state index contributed by atoms with van der Waals surface area (Å²) in [6, 6.07) is 5.72. The summed E-state index contributed by atoms with van der Waals surface area (Å²) in [5.41, 5.74) is 3.30. The van der Waals surface area contributed by atoms with Crippen LogP contribution in [0.3, 0.4) is 0 Å². The van der Waals surface area contributed by atoms with Crippen LogP contribution in [0.5, 0.6) is 0 Å². The summed E-state index contributed by atoms with van der Waals surface area (Å²) in [5, 5.41) is 0.586. The Kier molecular flexibility index (Phi) is 5.38. The number of nitrogens with zero attached hydrogens (tertiary/aromatic N) is 3. The maximum absolute atomic E-state index is 13.2. The minimum Gasteiger partial charge on any atom is -0.306 e. The molecule has 27 heavy (non-hydrogen) atoms. The molecule has 0 radical (unpaired) electrons. The number of benzene rings is 1. The quantitative estimate of drug-likeness (QED) is 0.445. The SMILES string of the molecule is CC(=O)c1cc2c(cc1C)[C@H](C)CC(C)(C)N2C(=O)CSc1ncccn1. The molecule has 1 amide bonds. The first kappa shape index (κ1) is 19.5. The van der Waals surface area contributed by atoms with Gasteiger partial charge in [-0.15, -0.1) is 0 Å². The van der Waals surface area contributed by atoms with E-state index in [1.165, 1.54) is 11.8 Å². The zero-order valence-corrected chi connectivity index (χ0v) is 17.3. The van der Waals surface area contributed by atoms with Gasteiger partial charge in [0.1, 0.15) is 0 Å². The largest absolute Gasteiger partial charge is 0.306 e. The lowest BCUT2D eigenvalue weighted by Gasteiger charge is -2.46. The first-order valence-electron chi connectivity index (χ1n) is 9.09. The fourth-order valence-electron chi connectivity index (χ4n) is 3.99. The first-order valence-corrected chi connectivity index (χ1v) is 10.1. The molecule has 3 rings (SSSR count). The maximum Gasteiger partial charge on any atom is 0.237 e. The molecule has 1 aliphatic heterocycles. The van der Waals surface area contributed by atoms with Crippen LogP contribution < -0.4 is 4.90 Å². The van der Waals surface area contributed by atoms with E-state index in [0.29, 0.717) is 16.6 Å². The van der Waals surface area contributed by atoms with Gasteiger partial charge in [0.05, 0.1) is 5.75 Å². The molecule has 0 spiro atoms.